The van der Waals surface area contributed by atoms with E-state index in [2.05, 4.69) is 0 Å². The molecule has 0 aromatic rings. The average Bonchev–Trinajstić information content (AvgIpc) is 2.24. The summed E-state index contributed by atoms with van der Waals surface area (Å²) in [5.41, 5.74) is -0.624. The topological polar surface area (TPSA) is 46.6 Å². The summed E-state index contributed by atoms with van der Waals surface area (Å²) in [7, 11) is 3.05. The van der Waals surface area contributed by atoms with Crippen molar-refractivity contribution in [1.82, 2.24) is 4.90 Å². The van der Waals surface area contributed by atoms with Gasteiger partial charge >= 0.3 is 12.4 Å². The first-order valence-corrected chi connectivity index (χ1v) is 5.27. The third-order valence-electron chi connectivity index (χ3n) is 1.80. The van der Waals surface area contributed by atoms with Gasteiger partial charge in [0.05, 0.1) is 6.61 Å². The van der Waals surface area contributed by atoms with Gasteiger partial charge in [0.1, 0.15) is 5.57 Å². The van der Waals surface area contributed by atoms with Crippen LogP contribution in [0.25, 0.3) is 0 Å². The molecule has 0 aliphatic carbocycles. The fourth-order valence-electron chi connectivity index (χ4n) is 0.980. The second-order valence-electron chi connectivity index (χ2n) is 3.66. The van der Waals surface area contributed by atoms with E-state index in [0.717, 1.165) is 12.6 Å². The molecule has 0 radical (unpaired) electrons. The number of Topliss-reactive ketones (excluding diaryl/α,β-unsaturated/α-hetero) is 1. The standard InChI is InChI=1S/C11H17F2NO3/c1-4-5-6-17-11(16)8(7-14(2)3)9(15)10(12)13/h7,10H,4-6H2,1-3H3. The number of ketones is 1. The van der Waals surface area contributed by atoms with Gasteiger partial charge in [-0.3, -0.25) is 4.79 Å². The van der Waals surface area contributed by atoms with E-state index in [1.54, 1.807) is 0 Å². The fraction of sp³-hybridized carbons (Fsp3) is 0.636. The molecule has 98 valence electrons. The average molecular weight is 249 g/mol. The molecule has 0 spiro atoms. The number of esters is 1. The second kappa shape index (κ2) is 7.76. The zero-order valence-electron chi connectivity index (χ0n) is 10.2. The molecule has 0 amide bonds. The quantitative estimate of drug-likeness (QED) is 0.226. The maximum Gasteiger partial charge on any atom is 0.343 e. The maximum atomic E-state index is 12.3. The Bertz CT molecular complexity index is 301. The first-order chi connectivity index (χ1) is 7.90. The third kappa shape index (κ3) is 5.99. The molecular formula is C11H17F2NO3. The SMILES string of the molecule is CCCCOC(=O)C(=CN(C)C)C(=O)C(F)F. The van der Waals surface area contributed by atoms with E-state index < -0.39 is 23.8 Å². The zero-order valence-corrected chi connectivity index (χ0v) is 10.2. The molecule has 6 heteroatoms. The maximum absolute atomic E-state index is 12.3. The van der Waals surface area contributed by atoms with Crippen molar-refractivity contribution in [2.75, 3.05) is 20.7 Å². The molecule has 0 saturated heterocycles. The van der Waals surface area contributed by atoms with Crippen molar-refractivity contribution in [3.63, 3.8) is 0 Å². The normalized spacial score (nSPS) is 11.5. The van der Waals surface area contributed by atoms with Crippen LogP contribution in [0, 0.1) is 0 Å². The third-order valence-corrected chi connectivity index (χ3v) is 1.80. The van der Waals surface area contributed by atoms with Crippen LogP contribution in [0.1, 0.15) is 19.8 Å². The van der Waals surface area contributed by atoms with Gasteiger partial charge in [0, 0.05) is 20.3 Å². The summed E-state index contributed by atoms with van der Waals surface area (Å²) >= 11 is 0. The van der Waals surface area contributed by atoms with Gasteiger partial charge in [0.25, 0.3) is 0 Å². The van der Waals surface area contributed by atoms with Crippen LogP contribution in [0.3, 0.4) is 0 Å². The Morgan fingerprint density at radius 2 is 1.94 bits per heavy atom. The molecule has 0 saturated carbocycles. The van der Waals surface area contributed by atoms with Crippen molar-refractivity contribution in [3.05, 3.63) is 11.8 Å². The van der Waals surface area contributed by atoms with Crippen LogP contribution in [0.15, 0.2) is 11.8 Å². The fourth-order valence-corrected chi connectivity index (χ4v) is 0.980. The van der Waals surface area contributed by atoms with Gasteiger partial charge in [-0.25, -0.2) is 13.6 Å². The van der Waals surface area contributed by atoms with Crippen molar-refractivity contribution in [3.8, 4) is 0 Å². The summed E-state index contributed by atoms with van der Waals surface area (Å²) < 4.78 is 29.3. The number of halogens is 2. The molecule has 0 rings (SSSR count). The lowest BCUT2D eigenvalue weighted by Crippen LogP contribution is -2.24. The van der Waals surface area contributed by atoms with E-state index >= 15 is 0 Å². The summed E-state index contributed by atoms with van der Waals surface area (Å²) in [4.78, 5) is 23.9. The minimum Gasteiger partial charge on any atom is -0.462 e. The van der Waals surface area contributed by atoms with Crippen molar-refractivity contribution in [2.24, 2.45) is 0 Å². The molecule has 0 aliphatic heterocycles. The van der Waals surface area contributed by atoms with E-state index in [1.165, 1.54) is 19.0 Å². The largest absolute Gasteiger partial charge is 0.462 e. The Balaban J connectivity index is 4.70. The van der Waals surface area contributed by atoms with Crippen molar-refractivity contribution >= 4 is 11.8 Å². The molecule has 0 aromatic heterocycles. The predicted octanol–water partition coefficient (Wildman–Crippen LogP) is 1.61. The highest BCUT2D eigenvalue weighted by atomic mass is 19.3. The van der Waals surface area contributed by atoms with Crippen LogP contribution >= 0.6 is 0 Å². The first kappa shape index (κ1) is 15.5. The Hall–Kier alpha value is -1.46. The molecular weight excluding hydrogens is 232 g/mol. The predicted molar refractivity (Wildman–Crippen MR) is 58.6 cm³/mol. The molecule has 0 bridgehead atoms. The Kier molecular flexibility index (Phi) is 7.09. The second-order valence-corrected chi connectivity index (χ2v) is 3.66. The number of nitrogens with zero attached hydrogens (tertiary/aromatic N) is 1. The molecule has 0 atom stereocenters. The number of carbonyl (C=O) groups is 2. The van der Waals surface area contributed by atoms with Crippen LogP contribution in [0.5, 0.6) is 0 Å². The van der Waals surface area contributed by atoms with Gasteiger partial charge in [0.2, 0.25) is 5.78 Å². The summed E-state index contributed by atoms with van der Waals surface area (Å²) in [5, 5.41) is 0. The van der Waals surface area contributed by atoms with Crippen molar-refractivity contribution in [2.45, 2.75) is 26.2 Å². The van der Waals surface area contributed by atoms with Gasteiger partial charge in [-0.05, 0) is 6.42 Å². The molecule has 0 aromatic carbocycles. The summed E-state index contributed by atoms with van der Waals surface area (Å²) in [6, 6.07) is 0. The van der Waals surface area contributed by atoms with Crippen molar-refractivity contribution in [1.29, 1.82) is 0 Å². The van der Waals surface area contributed by atoms with Gasteiger partial charge in [-0.2, -0.15) is 0 Å². The van der Waals surface area contributed by atoms with Gasteiger partial charge < -0.3 is 9.64 Å². The minimum absolute atomic E-state index is 0.122. The lowest BCUT2D eigenvalue weighted by molar-refractivity contribution is -0.142. The molecule has 0 fully saturated rings. The molecule has 0 unspecified atom stereocenters. The Morgan fingerprint density at radius 1 is 1.35 bits per heavy atom. The smallest absolute Gasteiger partial charge is 0.343 e. The number of unbranched alkanes of at least 4 members (excludes halogenated alkanes) is 1. The van der Waals surface area contributed by atoms with Crippen LogP contribution in [0.2, 0.25) is 0 Å². The van der Waals surface area contributed by atoms with Crippen LogP contribution in [0.4, 0.5) is 8.78 Å². The summed E-state index contributed by atoms with van der Waals surface area (Å²) in [5.74, 6) is -2.52. The number of rotatable bonds is 7. The Morgan fingerprint density at radius 3 is 2.35 bits per heavy atom. The monoisotopic (exact) mass is 249 g/mol. The molecule has 0 heterocycles. The molecule has 0 N–H and O–H groups in total. The van der Waals surface area contributed by atoms with E-state index in [-0.39, 0.29) is 6.61 Å². The van der Waals surface area contributed by atoms with Gasteiger partial charge in [-0.1, -0.05) is 13.3 Å². The van der Waals surface area contributed by atoms with Crippen LogP contribution in [-0.4, -0.2) is 43.8 Å². The van der Waals surface area contributed by atoms with Crippen LogP contribution < -0.4 is 0 Å². The number of ether oxygens (including phenoxy) is 1. The number of hydrogen-bond acceptors (Lipinski definition) is 4. The van der Waals surface area contributed by atoms with Crippen molar-refractivity contribution < 1.29 is 23.1 Å². The first-order valence-electron chi connectivity index (χ1n) is 5.27. The van der Waals surface area contributed by atoms with E-state index in [9.17, 15) is 18.4 Å². The molecule has 0 aliphatic rings. The van der Waals surface area contributed by atoms with E-state index in [0.29, 0.717) is 6.42 Å². The minimum atomic E-state index is -3.21. The highest BCUT2D eigenvalue weighted by Gasteiger charge is 2.27. The van der Waals surface area contributed by atoms with E-state index in [1.807, 2.05) is 6.92 Å². The Labute approximate surface area is 99.2 Å². The van der Waals surface area contributed by atoms with Crippen LogP contribution in [-0.2, 0) is 14.3 Å². The summed E-state index contributed by atoms with van der Waals surface area (Å²) in [6.45, 7) is 2.02. The highest BCUT2D eigenvalue weighted by Crippen LogP contribution is 2.09. The molecule has 17 heavy (non-hydrogen) atoms. The lowest BCUT2D eigenvalue weighted by Gasteiger charge is -2.10. The lowest BCUT2D eigenvalue weighted by atomic mass is 10.2. The number of hydrogen-bond donors (Lipinski definition) is 0. The van der Waals surface area contributed by atoms with Gasteiger partial charge in [0.15, 0.2) is 0 Å². The zero-order chi connectivity index (χ0) is 13.4. The van der Waals surface area contributed by atoms with E-state index in [4.69, 9.17) is 4.74 Å². The number of carbonyl (C=O) groups excluding carboxylic acids is 2. The van der Waals surface area contributed by atoms with Gasteiger partial charge in [-0.15, -0.1) is 0 Å². The highest BCUT2D eigenvalue weighted by molar-refractivity contribution is 6.18. The summed E-state index contributed by atoms with van der Waals surface area (Å²) in [6.07, 6.45) is -0.727. The number of alkyl halides is 2. The molecule has 4 nitrogen and oxygen atoms in total.